The van der Waals surface area contributed by atoms with E-state index in [1.54, 1.807) is 6.33 Å². The maximum Gasteiger partial charge on any atom is 0.177 e. The number of nitrogens with one attached hydrogen (secondary N) is 1. The molecule has 3 rings (SSSR count). The van der Waals surface area contributed by atoms with Crippen LogP contribution in [0.3, 0.4) is 0 Å². The molecule has 0 spiro atoms. The van der Waals surface area contributed by atoms with E-state index >= 15 is 0 Å². The van der Waals surface area contributed by atoms with Gasteiger partial charge in [-0.2, -0.15) is 0 Å². The van der Waals surface area contributed by atoms with Crippen molar-refractivity contribution < 1.29 is 0 Å². The predicted octanol–water partition coefficient (Wildman–Crippen LogP) is 1.13. The lowest BCUT2D eigenvalue weighted by molar-refractivity contribution is 0.452. The third-order valence-electron chi connectivity index (χ3n) is 2.15. The number of thioether (sulfide) groups is 1. The lowest BCUT2D eigenvalue weighted by atomic mass is 10.3. The molecule has 1 aromatic rings. The van der Waals surface area contributed by atoms with Gasteiger partial charge in [0, 0.05) is 12.3 Å². The molecule has 0 bridgehead atoms. The number of aliphatic imine (C=N–C) groups is 1. The Morgan fingerprint density at radius 1 is 1.67 bits per heavy atom. The van der Waals surface area contributed by atoms with E-state index in [1.165, 1.54) is 5.75 Å². The number of H-pyrrole nitrogens is 1. The molecule has 0 aromatic carbocycles. The Labute approximate surface area is 74.1 Å². The Bertz CT molecular complexity index is 332. The molecule has 2 aliphatic heterocycles. The van der Waals surface area contributed by atoms with Gasteiger partial charge in [-0.15, -0.1) is 11.8 Å². The van der Waals surface area contributed by atoms with Crippen molar-refractivity contribution in [1.82, 2.24) is 14.9 Å². The largest absolute Gasteiger partial charge is 0.344 e. The molecule has 0 saturated carbocycles. The molecule has 0 aliphatic carbocycles. The number of nitrogens with zero attached hydrogens (tertiary/aromatic N) is 3. The molecule has 0 radical (unpaired) electrons. The molecule has 1 fully saturated rings. The number of aromatic nitrogens is 2. The standard InChI is InChI=1S/C7H8N4S/c1-2-12-7-5-6(9-3-8-5)10-4-11(1)7/h3-4,7H,1-2H2,(H,8,9). The Kier molecular flexibility index (Phi) is 1.23. The number of hydrogen-bond donors (Lipinski definition) is 1. The first-order valence-electron chi connectivity index (χ1n) is 3.90. The second-order valence-electron chi connectivity index (χ2n) is 2.85. The maximum absolute atomic E-state index is 4.24. The number of fused-ring (bicyclic) bond motifs is 3. The van der Waals surface area contributed by atoms with Crippen molar-refractivity contribution in [3.05, 3.63) is 12.0 Å². The van der Waals surface area contributed by atoms with E-state index in [1.807, 2.05) is 18.1 Å². The van der Waals surface area contributed by atoms with Crippen molar-refractivity contribution in [3.63, 3.8) is 0 Å². The highest BCUT2D eigenvalue weighted by molar-refractivity contribution is 7.99. The number of rotatable bonds is 0. The minimum atomic E-state index is 0.431. The van der Waals surface area contributed by atoms with E-state index in [0.717, 1.165) is 18.1 Å². The zero-order valence-corrected chi connectivity index (χ0v) is 7.21. The molecule has 2 aliphatic rings. The summed E-state index contributed by atoms with van der Waals surface area (Å²) in [6.45, 7) is 1.09. The molecule has 1 N–H and O–H groups in total. The Balaban J connectivity index is 2.12. The van der Waals surface area contributed by atoms with Gasteiger partial charge in [-0.1, -0.05) is 0 Å². The van der Waals surface area contributed by atoms with Crippen LogP contribution >= 0.6 is 11.8 Å². The summed E-state index contributed by atoms with van der Waals surface area (Å²) in [7, 11) is 0. The molecule has 0 amide bonds. The van der Waals surface area contributed by atoms with Crippen molar-refractivity contribution in [1.29, 1.82) is 0 Å². The second kappa shape index (κ2) is 2.26. The zero-order chi connectivity index (χ0) is 7.97. The van der Waals surface area contributed by atoms with Crippen LogP contribution in [0.1, 0.15) is 11.1 Å². The van der Waals surface area contributed by atoms with Crippen LogP contribution in [0.4, 0.5) is 5.82 Å². The van der Waals surface area contributed by atoms with Crippen LogP contribution in [0.15, 0.2) is 11.3 Å². The number of aromatic amines is 1. The van der Waals surface area contributed by atoms with Gasteiger partial charge in [0.25, 0.3) is 0 Å². The first kappa shape index (κ1) is 6.54. The lowest BCUT2D eigenvalue weighted by Crippen LogP contribution is -2.23. The molecule has 1 unspecified atom stereocenters. The normalized spacial score (nSPS) is 25.7. The molecule has 3 heterocycles. The number of imidazole rings is 1. The van der Waals surface area contributed by atoms with Gasteiger partial charge in [-0.3, -0.25) is 0 Å². The first-order valence-corrected chi connectivity index (χ1v) is 4.95. The van der Waals surface area contributed by atoms with Crippen LogP contribution < -0.4 is 0 Å². The molecule has 1 saturated heterocycles. The van der Waals surface area contributed by atoms with Gasteiger partial charge in [0.05, 0.1) is 18.4 Å². The monoisotopic (exact) mass is 180 g/mol. The molecule has 12 heavy (non-hydrogen) atoms. The van der Waals surface area contributed by atoms with Crippen LogP contribution in [-0.4, -0.2) is 33.5 Å². The molecular formula is C7H8N4S. The molecule has 62 valence electrons. The highest BCUT2D eigenvalue weighted by atomic mass is 32.2. The average Bonchev–Trinajstić information content (AvgIpc) is 2.71. The fraction of sp³-hybridized carbons (Fsp3) is 0.429. The average molecular weight is 180 g/mol. The van der Waals surface area contributed by atoms with Gasteiger partial charge < -0.3 is 9.88 Å². The summed E-state index contributed by atoms with van der Waals surface area (Å²) < 4.78 is 0. The minimum Gasteiger partial charge on any atom is -0.344 e. The maximum atomic E-state index is 4.24. The Morgan fingerprint density at radius 3 is 3.67 bits per heavy atom. The summed E-state index contributed by atoms with van der Waals surface area (Å²) in [5.41, 5.74) is 1.15. The van der Waals surface area contributed by atoms with Crippen molar-refractivity contribution in [2.45, 2.75) is 5.37 Å². The summed E-state index contributed by atoms with van der Waals surface area (Å²) >= 11 is 1.94. The van der Waals surface area contributed by atoms with Crippen LogP contribution in [0.5, 0.6) is 0 Å². The molecule has 1 atom stereocenters. The molecule has 1 aromatic heterocycles. The summed E-state index contributed by atoms with van der Waals surface area (Å²) in [6, 6.07) is 0. The third-order valence-corrected chi connectivity index (χ3v) is 3.39. The SMILES string of the molecule is C1=Nc2nc[nH]c2C2SCCN12. The van der Waals surface area contributed by atoms with Crippen molar-refractivity contribution in [2.24, 2.45) is 4.99 Å². The Hall–Kier alpha value is -0.970. The van der Waals surface area contributed by atoms with E-state index in [9.17, 15) is 0 Å². The van der Waals surface area contributed by atoms with Gasteiger partial charge in [-0.05, 0) is 0 Å². The van der Waals surface area contributed by atoms with Crippen LogP contribution in [-0.2, 0) is 0 Å². The van der Waals surface area contributed by atoms with Crippen LogP contribution in [0.25, 0.3) is 0 Å². The molecule has 4 nitrogen and oxygen atoms in total. The smallest absolute Gasteiger partial charge is 0.177 e. The van der Waals surface area contributed by atoms with Crippen molar-refractivity contribution >= 4 is 23.9 Å². The van der Waals surface area contributed by atoms with E-state index < -0.39 is 0 Å². The minimum absolute atomic E-state index is 0.431. The topological polar surface area (TPSA) is 44.3 Å². The van der Waals surface area contributed by atoms with Gasteiger partial charge in [0.1, 0.15) is 5.37 Å². The zero-order valence-electron chi connectivity index (χ0n) is 6.40. The third kappa shape index (κ3) is 0.741. The van der Waals surface area contributed by atoms with E-state index in [2.05, 4.69) is 19.9 Å². The summed E-state index contributed by atoms with van der Waals surface area (Å²) in [6.07, 6.45) is 3.61. The lowest BCUT2D eigenvalue weighted by Gasteiger charge is -2.22. The van der Waals surface area contributed by atoms with Crippen LogP contribution in [0, 0.1) is 0 Å². The van der Waals surface area contributed by atoms with Crippen molar-refractivity contribution in [2.75, 3.05) is 12.3 Å². The van der Waals surface area contributed by atoms with Gasteiger partial charge in [0.2, 0.25) is 0 Å². The predicted molar refractivity (Wildman–Crippen MR) is 48.6 cm³/mol. The first-order chi connectivity index (χ1) is 5.95. The second-order valence-corrected chi connectivity index (χ2v) is 4.03. The van der Waals surface area contributed by atoms with Crippen LogP contribution in [0.2, 0.25) is 0 Å². The Morgan fingerprint density at radius 2 is 2.67 bits per heavy atom. The van der Waals surface area contributed by atoms with E-state index in [4.69, 9.17) is 0 Å². The van der Waals surface area contributed by atoms with Gasteiger partial charge >= 0.3 is 0 Å². The highest BCUT2D eigenvalue weighted by Crippen LogP contribution is 2.41. The highest BCUT2D eigenvalue weighted by Gasteiger charge is 2.30. The fourth-order valence-electron chi connectivity index (χ4n) is 1.56. The number of hydrogen-bond acceptors (Lipinski definition) is 4. The summed E-state index contributed by atoms with van der Waals surface area (Å²) in [5, 5.41) is 0.431. The quantitative estimate of drug-likeness (QED) is 0.651. The van der Waals surface area contributed by atoms with E-state index in [0.29, 0.717) is 5.37 Å². The van der Waals surface area contributed by atoms with E-state index in [-0.39, 0.29) is 0 Å². The van der Waals surface area contributed by atoms with Gasteiger partial charge in [0.15, 0.2) is 5.82 Å². The summed E-state index contributed by atoms with van der Waals surface area (Å²) in [4.78, 5) is 13.7. The molecule has 5 heteroatoms. The van der Waals surface area contributed by atoms with Gasteiger partial charge in [-0.25, -0.2) is 9.98 Å². The van der Waals surface area contributed by atoms with Crippen molar-refractivity contribution in [3.8, 4) is 0 Å². The fourth-order valence-corrected chi connectivity index (χ4v) is 2.79. The molecular weight excluding hydrogens is 172 g/mol. The summed E-state index contributed by atoms with van der Waals surface area (Å²) in [5.74, 6) is 2.03.